The molecule has 1 saturated carbocycles. The van der Waals surface area contributed by atoms with Gasteiger partial charge in [-0.15, -0.1) is 0 Å². The molecule has 1 heterocycles. The van der Waals surface area contributed by atoms with Crippen LogP contribution in [0.5, 0.6) is 0 Å². The SMILES string of the molecule is CN1C2CCCCC2(N(C)C)N(C)P1SC=S. The van der Waals surface area contributed by atoms with Crippen LogP contribution in [0.15, 0.2) is 0 Å². The number of likely N-dealkylation sites (N-methyl/N-ethyl adjacent to an activating group) is 3. The molecule has 17 heavy (non-hydrogen) atoms. The molecule has 6 heteroatoms. The Kier molecular flexibility index (Phi) is 4.50. The molecule has 0 spiro atoms. The summed E-state index contributed by atoms with van der Waals surface area (Å²) < 4.78 is 6.99. The molecule has 0 N–H and O–H groups in total. The summed E-state index contributed by atoms with van der Waals surface area (Å²) in [5.74, 6) is 0. The van der Waals surface area contributed by atoms with Crippen LogP contribution < -0.4 is 0 Å². The lowest BCUT2D eigenvalue weighted by Crippen LogP contribution is -2.60. The Morgan fingerprint density at radius 3 is 2.65 bits per heavy atom. The van der Waals surface area contributed by atoms with Crippen molar-refractivity contribution >= 4 is 35.7 Å². The van der Waals surface area contributed by atoms with Crippen LogP contribution >= 0.6 is 31.0 Å². The van der Waals surface area contributed by atoms with Crippen molar-refractivity contribution in [1.82, 2.24) is 14.2 Å². The van der Waals surface area contributed by atoms with Gasteiger partial charge in [-0.3, -0.25) is 9.57 Å². The summed E-state index contributed by atoms with van der Waals surface area (Å²) in [7, 11) is 8.68. The van der Waals surface area contributed by atoms with Gasteiger partial charge in [0, 0.05) is 10.7 Å². The van der Waals surface area contributed by atoms with Crippen LogP contribution in [-0.4, -0.2) is 58.8 Å². The van der Waals surface area contributed by atoms with E-state index >= 15 is 0 Å². The minimum absolute atomic E-state index is 0.226. The first-order valence-electron chi connectivity index (χ1n) is 6.10. The summed E-state index contributed by atoms with van der Waals surface area (Å²) in [4.78, 5) is 2.43. The van der Waals surface area contributed by atoms with Gasteiger partial charge in [-0.1, -0.05) is 36.4 Å². The molecule has 0 aromatic carbocycles. The van der Waals surface area contributed by atoms with Gasteiger partial charge < -0.3 is 0 Å². The van der Waals surface area contributed by atoms with Gasteiger partial charge in [0.25, 0.3) is 0 Å². The third-order valence-electron chi connectivity index (χ3n) is 4.26. The first kappa shape index (κ1) is 14.2. The van der Waals surface area contributed by atoms with E-state index in [9.17, 15) is 0 Å². The maximum Gasteiger partial charge on any atom is 0.110 e. The van der Waals surface area contributed by atoms with E-state index in [1.54, 1.807) is 0 Å². The van der Waals surface area contributed by atoms with Crippen LogP contribution in [-0.2, 0) is 0 Å². The fraction of sp³-hybridized carbons (Fsp3) is 0.909. The first-order valence-corrected chi connectivity index (χ1v) is 9.30. The van der Waals surface area contributed by atoms with Gasteiger partial charge in [0.05, 0.1) is 5.66 Å². The van der Waals surface area contributed by atoms with Gasteiger partial charge in [0.15, 0.2) is 0 Å². The highest BCUT2D eigenvalue weighted by atomic mass is 32.7. The smallest absolute Gasteiger partial charge is 0.110 e. The molecule has 2 aliphatic rings. The molecule has 0 bridgehead atoms. The van der Waals surface area contributed by atoms with E-state index in [1.807, 2.05) is 16.1 Å². The van der Waals surface area contributed by atoms with Gasteiger partial charge >= 0.3 is 0 Å². The van der Waals surface area contributed by atoms with Crippen LogP contribution in [0.2, 0.25) is 0 Å². The number of hydrogen-bond donors (Lipinski definition) is 0. The fourth-order valence-electron chi connectivity index (χ4n) is 3.46. The van der Waals surface area contributed by atoms with Gasteiger partial charge in [-0.2, -0.15) is 0 Å². The normalized spacial score (nSPS) is 39.6. The Morgan fingerprint density at radius 2 is 2.12 bits per heavy atom. The Hall–Kier alpha value is 0.750. The number of thiocarbonyl (C=S) groups is 1. The van der Waals surface area contributed by atoms with Crippen molar-refractivity contribution < 1.29 is 0 Å². The zero-order chi connectivity index (χ0) is 12.6. The van der Waals surface area contributed by atoms with Crippen LogP contribution in [0.25, 0.3) is 0 Å². The summed E-state index contributed by atoms with van der Waals surface area (Å²) in [6, 6.07) is 0.657. The molecule has 3 atom stereocenters. The predicted octanol–water partition coefficient (Wildman–Crippen LogP) is 2.98. The van der Waals surface area contributed by atoms with Gasteiger partial charge in [-0.05, 0) is 41.0 Å². The second-order valence-electron chi connectivity index (χ2n) is 5.09. The molecular formula is C11H22N3PS2. The monoisotopic (exact) mass is 291 g/mol. The average molecular weight is 291 g/mol. The molecule has 2 fully saturated rings. The Labute approximate surface area is 115 Å². The molecule has 0 aromatic heterocycles. The number of nitrogens with zero attached hydrogens (tertiary/aromatic N) is 3. The topological polar surface area (TPSA) is 9.72 Å². The van der Waals surface area contributed by atoms with E-state index in [2.05, 4.69) is 42.4 Å². The zero-order valence-electron chi connectivity index (χ0n) is 11.1. The Balaban J connectivity index is 2.34. The second-order valence-corrected chi connectivity index (χ2v) is 9.42. The van der Waals surface area contributed by atoms with Crippen molar-refractivity contribution in [2.75, 3.05) is 28.2 Å². The largest absolute Gasteiger partial charge is 0.290 e. The zero-order valence-corrected chi connectivity index (χ0v) is 13.6. The minimum Gasteiger partial charge on any atom is -0.290 e. The summed E-state index contributed by atoms with van der Waals surface area (Å²) in [5.41, 5.74) is 0.226. The second kappa shape index (κ2) is 5.40. The standard InChI is InChI=1S/C11H22N3PS2/c1-12(2)11-8-6-5-7-10(11)13(3)15(14(11)4)17-9-16/h9-10H,5-8H2,1-4H3. The van der Waals surface area contributed by atoms with Crippen molar-refractivity contribution in [3.8, 4) is 0 Å². The predicted molar refractivity (Wildman–Crippen MR) is 82.4 cm³/mol. The van der Waals surface area contributed by atoms with Crippen LogP contribution in [0.4, 0.5) is 0 Å². The third-order valence-corrected chi connectivity index (χ3v) is 9.31. The van der Waals surface area contributed by atoms with Crippen molar-refractivity contribution in [3.63, 3.8) is 0 Å². The lowest BCUT2D eigenvalue weighted by atomic mass is 9.83. The molecule has 2 rings (SSSR count). The molecule has 3 unspecified atom stereocenters. The first-order chi connectivity index (χ1) is 8.05. The van der Waals surface area contributed by atoms with Crippen LogP contribution in [0.1, 0.15) is 25.7 Å². The van der Waals surface area contributed by atoms with Crippen molar-refractivity contribution in [1.29, 1.82) is 0 Å². The fourth-order valence-corrected chi connectivity index (χ4v) is 8.06. The van der Waals surface area contributed by atoms with Crippen molar-refractivity contribution in [3.05, 3.63) is 0 Å². The summed E-state index contributed by atoms with van der Waals surface area (Å²) >= 11 is 6.87. The summed E-state index contributed by atoms with van der Waals surface area (Å²) in [5, 5.41) is 0. The number of fused-ring (bicyclic) bond motifs is 1. The van der Waals surface area contributed by atoms with Crippen LogP contribution in [0, 0.1) is 0 Å². The van der Waals surface area contributed by atoms with E-state index in [1.165, 1.54) is 25.7 Å². The van der Waals surface area contributed by atoms with E-state index in [0.717, 1.165) is 0 Å². The highest BCUT2D eigenvalue weighted by Crippen LogP contribution is 2.66. The lowest BCUT2D eigenvalue weighted by Gasteiger charge is -2.48. The summed E-state index contributed by atoms with van der Waals surface area (Å²) in [6.45, 7) is 0. The Morgan fingerprint density at radius 1 is 1.41 bits per heavy atom. The van der Waals surface area contributed by atoms with E-state index in [0.29, 0.717) is 6.04 Å². The average Bonchev–Trinajstić information content (AvgIpc) is 2.53. The van der Waals surface area contributed by atoms with Crippen molar-refractivity contribution in [2.45, 2.75) is 37.4 Å². The lowest BCUT2D eigenvalue weighted by molar-refractivity contribution is -0.0137. The van der Waals surface area contributed by atoms with Gasteiger partial charge in [0.2, 0.25) is 0 Å². The number of rotatable bonds is 3. The summed E-state index contributed by atoms with van der Waals surface area (Å²) in [6.07, 6.45) is 5.31. The maximum atomic E-state index is 5.05. The highest BCUT2D eigenvalue weighted by molar-refractivity contribution is 8.63. The minimum atomic E-state index is -0.317. The van der Waals surface area contributed by atoms with E-state index < -0.39 is 0 Å². The molecule has 1 saturated heterocycles. The van der Waals surface area contributed by atoms with Crippen molar-refractivity contribution in [2.24, 2.45) is 0 Å². The van der Waals surface area contributed by atoms with Gasteiger partial charge in [0.1, 0.15) is 7.42 Å². The molecular weight excluding hydrogens is 269 g/mol. The molecule has 1 aliphatic carbocycles. The molecule has 1 aliphatic heterocycles. The maximum absolute atomic E-state index is 5.05. The molecule has 0 radical (unpaired) electrons. The quantitative estimate of drug-likeness (QED) is 0.582. The molecule has 3 nitrogen and oxygen atoms in total. The molecule has 0 amide bonds. The van der Waals surface area contributed by atoms with E-state index in [-0.39, 0.29) is 13.1 Å². The number of hydrogen-bond acceptors (Lipinski definition) is 5. The van der Waals surface area contributed by atoms with Crippen LogP contribution in [0.3, 0.4) is 0 Å². The molecule has 98 valence electrons. The molecule has 0 aromatic rings. The van der Waals surface area contributed by atoms with Gasteiger partial charge in [-0.25, -0.2) is 4.67 Å². The van der Waals surface area contributed by atoms with E-state index in [4.69, 9.17) is 12.2 Å². The Bertz CT molecular complexity index is 302. The third kappa shape index (κ3) is 2.09. The highest BCUT2D eigenvalue weighted by Gasteiger charge is 2.57.